The molecule has 0 spiro atoms. The maximum atomic E-state index is 12.2. The number of hydrogen-bond acceptors (Lipinski definition) is 5. The number of rotatable bonds is 9. The van der Waals surface area contributed by atoms with Crippen molar-refractivity contribution >= 4 is 5.91 Å². The third-order valence-electron chi connectivity index (χ3n) is 2.86. The number of carbonyl (C=O) groups excluding carboxylic acids is 1. The predicted molar refractivity (Wildman–Crippen MR) is 74.4 cm³/mol. The zero-order valence-electron chi connectivity index (χ0n) is 12.0. The van der Waals surface area contributed by atoms with Crippen molar-refractivity contribution in [2.45, 2.75) is 13.1 Å². The summed E-state index contributed by atoms with van der Waals surface area (Å²) in [5.41, 5.74) is 0. The summed E-state index contributed by atoms with van der Waals surface area (Å²) in [5, 5.41) is 0. The first-order chi connectivity index (χ1) is 10.3. The number of amides is 1. The second kappa shape index (κ2) is 8.28. The molecule has 0 aliphatic heterocycles. The third kappa shape index (κ3) is 5.09. The predicted octanol–water partition coefficient (Wildman–Crippen LogP) is 2.06. The van der Waals surface area contributed by atoms with Crippen molar-refractivity contribution in [3.05, 3.63) is 48.3 Å². The minimum atomic E-state index is -0.126. The van der Waals surface area contributed by atoms with Crippen LogP contribution >= 0.6 is 0 Å². The number of nitrogens with zero attached hydrogens (tertiary/aromatic N) is 1. The lowest BCUT2D eigenvalue weighted by Gasteiger charge is -2.20. The quantitative estimate of drug-likeness (QED) is 0.662. The summed E-state index contributed by atoms with van der Waals surface area (Å²) in [4.78, 5) is 13.9. The van der Waals surface area contributed by atoms with E-state index in [0.717, 1.165) is 0 Å². The van der Waals surface area contributed by atoms with Gasteiger partial charge in [-0.25, -0.2) is 0 Å². The summed E-state index contributed by atoms with van der Waals surface area (Å²) >= 11 is 0. The van der Waals surface area contributed by atoms with E-state index in [1.54, 1.807) is 36.7 Å². The molecule has 0 atom stereocenters. The second-order valence-electron chi connectivity index (χ2n) is 4.45. The average molecular weight is 293 g/mol. The van der Waals surface area contributed by atoms with Gasteiger partial charge in [0, 0.05) is 7.11 Å². The lowest BCUT2D eigenvalue weighted by Crippen LogP contribution is -2.33. The first kappa shape index (κ1) is 15.3. The van der Waals surface area contributed by atoms with E-state index in [-0.39, 0.29) is 12.5 Å². The van der Waals surface area contributed by atoms with E-state index in [4.69, 9.17) is 18.3 Å². The molecule has 0 bridgehead atoms. The molecule has 0 saturated carbocycles. The minimum absolute atomic E-state index is 0.00474. The van der Waals surface area contributed by atoms with Gasteiger partial charge >= 0.3 is 0 Å². The van der Waals surface area contributed by atoms with Crippen molar-refractivity contribution < 1.29 is 23.1 Å². The van der Waals surface area contributed by atoms with Crippen LogP contribution in [0.1, 0.15) is 11.5 Å². The van der Waals surface area contributed by atoms with Crippen LogP contribution in [0.15, 0.2) is 45.6 Å². The molecule has 1 amide bonds. The van der Waals surface area contributed by atoms with Crippen molar-refractivity contribution in [2.75, 3.05) is 26.9 Å². The summed E-state index contributed by atoms with van der Waals surface area (Å²) < 4.78 is 20.7. The molecule has 2 rings (SSSR count). The second-order valence-corrected chi connectivity index (χ2v) is 4.45. The molecule has 114 valence electrons. The fraction of sp³-hybridized carbons (Fsp3) is 0.400. The normalized spacial score (nSPS) is 10.7. The van der Waals surface area contributed by atoms with Crippen LogP contribution < -0.4 is 0 Å². The highest BCUT2D eigenvalue weighted by atomic mass is 16.5. The molecule has 0 radical (unpaired) electrons. The molecule has 0 unspecified atom stereocenters. The number of furan rings is 2. The Morgan fingerprint density at radius 1 is 1.10 bits per heavy atom. The monoisotopic (exact) mass is 293 g/mol. The smallest absolute Gasteiger partial charge is 0.249 e. The highest BCUT2D eigenvalue weighted by Crippen LogP contribution is 2.11. The van der Waals surface area contributed by atoms with Crippen LogP contribution in [0, 0.1) is 0 Å². The third-order valence-corrected chi connectivity index (χ3v) is 2.86. The van der Waals surface area contributed by atoms with Crippen molar-refractivity contribution in [1.82, 2.24) is 4.90 Å². The molecule has 2 heterocycles. The first-order valence-electron chi connectivity index (χ1n) is 6.69. The Labute approximate surface area is 123 Å². The van der Waals surface area contributed by atoms with E-state index in [1.165, 1.54) is 0 Å². The van der Waals surface area contributed by atoms with E-state index in [9.17, 15) is 4.79 Å². The summed E-state index contributed by atoms with van der Waals surface area (Å²) in [6, 6.07) is 7.24. The van der Waals surface area contributed by atoms with Crippen LogP contribution in [0.2, 0.25) is 0 Å². The van der Waals surface area contributed by atoms with Gasteiger partial charge in [-0.3, -0.25) is 4.79 Å². The molecule has 6 nitrogen and oxygen atoms in total. The average Bonchev–Trinajstić information content (AvgIpc) is 3.16. The maximum absolute atomic E-state index is 12.2. The highest BCUT2D eigenvalue weighted by Gasteiger charge is 2.17. The molecule has 2 aromatic rings. The van der Waals surface area contributed by atoms with Crippen LogP contribution in [0.5, 0.6) is 0 Å². The van der Waals surface area contributed by atoms with Gasteiger partial charge in [-0.15, -0.1) is 0 Å². The van der Waals surface area contributed by atoms with Crippen molar-refractivity contribution in [2.24, 2.45) is 0 Å². The molecule has 21 heavy (non-hydrogen) atoms. The van der Waals surface area contributed by atoms with E-state index in [2.05, 4.69) is 0 Å². The van der Waals surface area contributed by atoms with Crippen LogP contribution in [0.3, 0.4) is 0 Å². The Morgan fingerprint density at radius 2 is 1.71 bits per heavy atom. The van der Waals surface area contributed by atoms with Crippen LogP contribution in [0.25, 0.3) is 0 Å². The zero-order valence-corrected chi connectivity index (χ0v) is 12.0. The number of ether oxygens (including phenoxy) is 2. The molecular weight excluding hydrogens is 274 g/mol. The first-order valence-corrected chi connectivity index (χ1v) is 6.69. The molecule has 2 aromatic heterocycles. The van der Waals surface area contributed by atoms with Gasteiger partial charge in [-0.2, -0.15) is 0 Å². The van der Waals surface area contributed by atoms with Gasteiger partial charge < -0.3 is 23.2 Å². The minimum Gasteiger partial charge on any atom is -0.467 e. The van der Waals surface area contributed by atoms with E-state index in [0.29, 0.717) is 37.8 Å². The van der Waals surface area contributed by atoms with Crippen LogP contribution in [-0.4, -0.2) is 37.7 Å². The van der Waals surface area contributed by atoms with E-state index >= 15 is 0 Å². The molecule has 6 heteroatoms. The molecular formula is C15H19NO5. The summed E-state index contributed by atoms with van der Waals surface area (Å²) in [5.74, 6) is 1.30. The number of carbonyl (C=O) groups is 1. The maximum Gasteiger partial charge on any atom is 0.249 e. The SMILES string of the molecule is COCCOCC(=O)N(Cc1ccco1)Cc1ccco1. The van der Waals surface area contributed by atoms with E-state index in [1.807, 2.05) is 12.1 Å². The summed E-state index contributed by atoms with van der Waals surface area (Å²) in [6.45, 7) is 1.60. The molecule has 0 aliphatic carbocycles. The van der Waals surface area contributed by atoms with Crippen LogP contribution in [-0.2, 0) is 27.4 Å². The van der Waals surface area contributed by atoms with Crippen LogP contribution in [0.4, 0.5) is 0 Å². The Morgan fingerprint density at radius 3 is 2.19 bits per heavy atom. The van der Waals surface area contributed by atoms with Gasteiger partial charge in [-0.1, -0.05) is 0 Å². The molecule has 0 aliphatic rings. The Bertz CT molecular complexity index is 470. The Hall–Kier alpha value is -2.05. The lowest BCUT2D eigenvalue weighted by atomic mass is 10.3. The largest absolute Gasteiger partial charge is 0.467 e. The Kier molecular flexibility index (Phi) is 6.05. The molecule has 0 saturated heterocycles. The zero-order chi connectivity index (χ0) is 14.9. The van der Waals surface area contributed by atoms with E-state index < -0.39 is 0 Å². The molecule has 0 N–H and O–H groups in total. The molecule has 0 fully saturated rings. The summed E-state index contributed by atoms with van der Waals surface area (Å²) in [7, 11) is 1.59. The van der Waals surface area contributed by atoms with Gasteiger partial charge in [0.15, 0.2) is 0 Å². The van der Waals surface area contributed by atoms with Crippen molar-refractivity contribution in [3.63, 3.8) is 0 Å². The van der Waals surface area contributed by atoms with Gasteiger partial charge in [0.25, 0.3) is 0 Å². The van der Waals surface area contributed by atoms with Gasteiger partial charge in [0.2, 0.25) is 5.91 Å². The number of methoxy groups -OCH3 is 1. The lowest BCUT2D eigenvalue weighted by molar-refractivity contribution is -0.138. The van der Waals surface area contributed by atoms with Crippen molar-refractivity contribution in [3.8, 4) is 0 Å². The highest BCUT2D eigenvalue weighted by molar-refractivity contribution is 5.77. The van der Waals surface area contributed by atoms with Gasteiger partial charge in [0.1, 0.15) is 18.1 Å². The Balaban J connectivity index is 1.92. The molecule has 0 aromatic carbocycles. The topological polar surface area (TPSA) is 65.1 Å². The van der Waals surface area contributed by atoms with Gasteiger partial charge in [-0.05, 0) is 24.3 Å². The van der Waals surface area contributed by atoms with Crippen molar-refractivity contribution in [1.29, 1.82) is 0 Å². The fourth-order valence-corrected chi connectivity index (χ4v) is 1.81. The fourth-order valence-electron chi connectivity index (χ4n) is 1.81. The van der Waals surface area contributed by atoms with Gasteiger partial charge in [0.05, 0.1) is 38.8 Å². The number of hydrogen-bond donors (Lipinski definition) is 0. The summed E-state index contributed by atoms with van der Waals surface area (Å²) in [6.07, 6.45) is 3.17. The standard InChI is InChI=1S/C15H19NO5/c1-18-8-9-19-12-15(17)16(10-13-4-2-6-20-13)11-14-5-3-7-21-14/h2-7H,8-12H2,1H3.